The molecule has 0 saturated carbocycles. The molecule has 1 unspecified atom stereocenters. The summed E-state index contributed by atoms with van der Waals surface area (Å²) in [5, 5.41) is 10.4. The molecule has 1 atom stereocenters. The summed E-state index contributed by atoms with van der Waals surface area (Å²) in [4.78, 5) is 24.8. The van der Waals surface area contributed by atoms with E-state index in [1.54, 1.807) is 11.3 Å². The van der Waals surface area contributed by atoms with Crippen molar-refractivity contribution in [1.82, 2.24) is 25.5 Å². The smallest absolute Gasteiger partial charge is 0.239 e. The predicted octanol–water partition coefficient (Wildman–Crippen LogP) is 0.101. The van der Waals surface area contributed by atoms with Crippen molar-refractivity contribution in [3.63, 3.8) is 0 Å². The first-order valence-electron chi connectivity index (χ1n) is 8.45. The Morgan fingerprint density at radius 2 is 2.24 bits per heavy atom. The van der Waals surface area contributed by atoms with E-state index in [9.17, 15) is 4.79 Å². The Bertz CT molecular complexity index is 753. The molecule has 134 valence electrons. The van der Waals surface area contributed by atoms with Crippen LogP contribution in [0, 0.1) is 5.92 Å². The van der Waals surface area contributed by atoms with Crippen molar-refractivity contribution in [3.05, 3.63) is 16.4 Å². The van der Waals surface area contributed by atoms with Crippen molar-refractivity contribution in [3.8, 4) is 0 Å². The van der Waals surface area contributed by atoms with E-state index in [2.05, 4.69) is 25.4 Å². The van der Waals surface area contributed by atoms with Crippen molar-refractivity contribution in [2.75, 3.05) is 36.9 Å². The Kier molecular flexibility index (Phi) is 4.53. The fourth-order valence-corrected chi connectivity index (χ4v) is 4.34. The van der Waals surface area contributed by atoms with Gasteiger partial charge in [0.25, 0.3) is 0 Å². The van der Waals surface area contributed by atoms with E-state index in [4.69, 9.17) is 15.5 Å². The first-order chi connectivity index (χ1) is 12.2. The van der Waals surface area contributed by atoms with Gasteiger partial charge in [-0.25, -0.2) is 4.98 Å². The van der Waals surface area contributed by atoms with Crippen LogP contribution in [0.2, 0.25) is 0 Å². The van der Waals surface area contributed by atoms with Gasteiger partial charge in [0.1, 0.15) is 5.82 Å². The number of aromatic nitrogens is 4. The molecule has 2 aliphatic rings. The maximum absolute atomic E-state index is 12.4. The van der Waals surface area contributed by atoms with Crippen LogP contribution in [0.5, 0.6) is 0 Å². The molecule has 2 aromatic rings. The molecule has 1 amide bonds. The third-order valence-electron chi connectivity index (χ3n) is 4.56. The van der Waals surface area contributed by atoms with E-state index in [0.717, 1.165) is 50.0 Å². The third kappa shape index (κ3) is 3.59. The minimum absolute atomic E-state index is 0.0292. The van der Waals surface area contributed by atoms with Crippen LogP contribution in [0.1, 0.15) is 22.8 Å². The molecule has 1 saturated heterocycles. The third-order valence-corrected chi connectivity index (χ3v) is 5.78. The van der Waals surface area contributed by atoms with Gasteiger partial charge in [0.2, 0.25) is 11.9 Å². The molecule has 0 bridgehead atoms. The number of aromatic amines is 1. The van der Waals surface area contributed by atoms with Gasteiger partial charge in [0.05, 0.1) is 25.5 Å². The van der Waals surface area contributed by atoms with Crippen LogP contribution in [0.15, 0.2) is 0 Å². The fraction of sp³-hybridized carbons (Fsp3) is 0.600. The van der Waals surface area contributed by atoms with Gasteiger partial charge in [-0.1, -0.05) is 0 Å². The van der Waals surface area contributed by atoms with E-state index >= 15 is 0 Å². The summed E-state index contributed by atoms with van der Waals surface area (Å²) >= 11 is 1.76. The lowest BCUT2D eigenvalue weighted by molar-refractivity contribution is -0.125. The highest BCUT2D eigenvalue weighted by molar-refractivity contribution is 7.15. The number of anilines is 2. The molecule has 0 radical (unpaired) electrons. The minimum atomic E-state index is -0.0487. The molecule has 0 spiro atoms. The van der Waals surface area contributed by atoms with Crippen LogP contribution < -0.4 is 16.0 Å². The zero-order valence-electron chi connectivity index (χ0n) is 13.8. The Hall–Kier alpha value is -2.20. The van der Waals surface area contributed by atoms with E-state index < -0.39 is 0 Å². The maximum Gasteiger partial charge on any atom is 0.239 e. The van der Waals surface area contributed by atoms with E-state index in [1.807, 2.05) is 0 Å². The standard InChI is InChI=1S/C15H21N7O2S/c16-14-19-12(20-21-14)8-17-13(23)9-1-2-11-10(7-9)18-15(25-11)22-3-5-24-6-4-22/h9H,1-8H2,(H,17,23)(H3,16,19,20,21). The highest BCUT2D eigenvalue weighted by atomic mass is 32.1. The molecule has 4 N–H and O–H groups in total. The topological polar surface area (TPSA) is 122 Å². The van der Waals surface area contributed by atoms with Gasteiger partial charge in [0.15, 0.2) is 5.13 Å². The van der Waals surface area contributed by atoms with Crippen LogP contribution in [0.4, 0.5) is 11.1 Å². The lowest BCUT2D eigenvalue weighted by Crippen LogP contribution is -2.36. The van der Waals surface area contributed by atoms with Crippen LogP contribution in [-0.4, -0.2) is 52.4 Å². The summed E-state index contributed by atoms with van der Waals surface area (Å²) in [6, 6.07) is 0. The van der Waals surface area contributed by atoms with Crippen LogP contribution in [0.3, 0.4) is 0 Å². The Balaban J connectivity index is 1.36. The molecule has 2 aromatic heterocycles. The SMILES string of the molecule is Nc1n[nH]c(CNC(=O)C2CCc3sc(N4CCOCC4)nc3C2)n1. The number of aryl methyl sites for hydroxylation is 1. The number of rotatable bonds is 4. The highest BCUT2D eigenvalue weighted by Gasteiger charge is 2.28. The number of nitrogen functional groups attached to an aromatic ring is 1. The number of nitrogens with two attached hydrogens (primary N) is 1. The summed E-state index contributed by atoms with van der Waals surface area (Å²) in [6.45, 7) is 3.58. The summed E-state index contributed by atoms with van der Waals surface area (Å²) < 4.78 is 5.40. The predicted molar refractivity (Wildman–Crippen MR) is 93.3 cm³/mol. The van der Waals surface area contributed by atoms with Crippen LogP contribution in [-0.2, 0) is 28.9 Å². The summed E-state index contributed by atoms with van der Waals surface area (Å²) in [5.74, 6) is 0.726. The van der Waals surface area contributed by atoms with E-state index in [1.165, 1.54) is 4.88 Å². The summed E-state index contributed by atoms with van der Waals surface area (Å²) in [6.07, 6.45) is 2.45. The van der Waals surface area contributed by atoms with Crippen molar-refractivity contribution < 1.29 is 9.53 Å². The number of ether oxygens (including phenoxy) is 1. The second-order valence-electron chi connectivity index (χ2n) is 6.26. The van der Waals surface area contributed by atoms with Gasteiger partial charge in [-0.3, -0.25) is 9.89 Å². The molecule has 3 heterocycles. The molecular weight excluding hydrogens is 342 g/mol. The van der Waals surface area contributed by atoms with Crippen molar-refractivity contribution >= 4 is 28.3 Å². The van der Waals surface area contributed by atoms with Gasteiger partial charge in [0, 0.05) is 30.3 Å². The average Bonchev–Trinajstić information content (AvgIpc) is 3.25. The van der Waals surface area contributed by atoms with Gasteiger partial charge in [-0.2, -0.15) is 4.98 Å². The Morgan fingerprint density at radius 3 is 3.00 bits per heavy atom. The normalized spacial score (nSPS) is 20.3. The molecule has 9 nitrogen and oxygen atoms in total. The number of carbonyl (C=O) groups is 1. The number of H-pyrrole nitrogens is 1. The minimum Gasteiger partial charge on any atom is -0.378 e. The number of carbonyl (C=O) groups excluding carboxylic acids is 1. The Morgan fingerprint density at radius 1 is 1.40 bits per heavy atom. The molecule has 1 aliphatic carbocycles. The molecular formula is C15H21N7O2S. The largest absolute Gasteiger partial charge is 0.378 e. The summed E-state index contributed by atoms with van der Waals surface area (Å²) in [5.41, 5.74) is 6.53. The number of thiazole rings is 1. The van der Waals surface area contributed by atoms with Crippen LogP contribution >= 0.6 is 11.3 Å². The lowest BCUT2D eigenvalue weighted by Gasteiger charge is -2.26. The first-order valence-corrected chi connectivity index (χ1v) is 9.26. The fourth-order valence-electron chi connectivity index (χ4n) is 3.18. The van der Waals surface area contributed by atoms with Gasteiger partial charge in [-0.15, -0.1) is 16.4 Å². The second-order valence-corrected chi connectivity index (χ2v) is 7.33. The number of hydrogen-bond acceptors (Lipinski definition) is 8. The van der Waals surface area contributed by atoms with Gasteiger partial charge >= 0.3 is 0 Å². The molecule has 10 heteroatoms. The molecule has 1 aliphatic heterocycles. The number of nitrogens with zero attached hydrogens (tertiary/aromatic N) is 4. The maximum atomic E-state index is 12.4. The van der Waals surface area contributed by atoms with Crippen LogP contribution in [0.25, 0.3) is 0 Å². The molecule has 4 rings (SSSR count). The number of hydrogen-bond donors (Lipinski definition) is 3. The van der Waals surface area contributed by atoms with Gasteiger partial charge < -0.3 is 20.7 Å². The van der Waals surface area contributed by atoms with Crippen molar-refractivity contribution in [2.24, 2.45) is 5.92 Å². The molecule has 25 heavy (non-hydrogen) atoms. The molecule has 0 aromatic carbocycles. The van der Waals surface area contributed by atoms with E-state index in [0.29, 0.717) is 18.8 Å². The number of amides is 1. The summed E-state index contributed by atoms with van der Waals surface area (Å²) in [7, 11) is 0. The highest BCUT2D eigenvalue weighted by Crippen LogP contribution is 2.34. The Labute approximate surface area is 149 Å². The first kappa shape index (κ1) is 16.3. The number of nitrogens with one attached hydrogen (secondary N) is 2. The number of fused-ring (bicyclic) bond motifs is 1. The monoisotopic (exact) mass is 363 g/mol. The second kappa shape index (κ2) is 6.96. The van der Waals surface area contributed by atoms with Crippen molar-refractivity contribution in [1.29, 1.82) is 0 Å². The zero-order chi connectivity index (χ0) is 17.2. The number of morpholine rings is 1. The average molecular weight is 363 g/mol. The molecule has 1 fully saturated rings. The van der Waals surface area contributed by atoms with Crippen molar-refractivity contribution in [2.45, 2.75) is 25.8 Å². The lowest BCUT2D eigenvalue weighted by atomic mass is 9.90. The quantitative estimate of drug-likeness (QED) is 0.704. The van der Waals surface area contributed by atoms with Gasteiger partial charge in [-0.05, 0) is 12.8 Å². The van der Waals surface area contributed by atoms with E-state index in [-0.39, 0.29) is 17.8 Å². The zero-order valence-corrected chi connectivity index (χ0v) is 14.6.